The third kappa shape index (κ3) is 2.70. The van der Waals surface area contributed by atoms with Crippen LogP contribution in [0.5, 0.6) is 17.2 Å². The van der Waals surface area contributed by atoms with Gasteiger partial charge in [-0.3, -0.25) is 0 Å². The zero-order valence-electron chi connectivity index (χ0n) is 10.4. The van der Waals surface area contributed by atoms with Gasteiger partial charge in [-0.25, -0.2) is 0 Å². The molecule has 1 aliphatic rings. The summed E-state index contributed by atoms with van der Waals surface area (Å²) in [6.07, 6.45) is 0. The molecule has 1 aromatic carbocycles. The van der Waals surface area contributed by atoms with Crippen LogP contribution in [-0.4, -0.2) is 30.6 Å². The number of hydrogen-bond acceptors (Lipinski definition) is 6. The summed E-state index contributed by atoms with van der Waals surface area (Å²) in [5, 5.41) is 0.358. The number of thiocarbonyl (C=S) groups is 1. The van der Waals surface area contributed by atoms with Gasteiger partial charge in [-0.05, 0) is 17.7 Å². The van der Waals surface area contributed by atoms with Crippen LogP contribution in [0.4, 0.5) is 0 Å². The standard InChI is InChI=1S/C12H14O3S3/c1-13-8-4-7(10-6-17-12(16)18-10)5-9(14-2)11(8)15-3/h4-5,10H,6H2,1-3H3/t10-/m1/s1. The summed E-state index contributed by atoms with van der Waals surface area (Å²) < 4.78 is 17.0. The van der Waals surface area contributed by atoms with E-state index in [1.165, 1.54) is 0 Å². The van der Waals surface area contributed by atoms with E-state index >= 15 is 0 Å². The zero-order chi connectivity index (χ0) is 13.1. The third-order valence-electron chi connectivity index (χ3n) is 2.65. The summed E-state index contributed by atoms with van der Waals surface area (Å²) in [6.45, 7) is 0. The Morgan fingerprint density at radius 1 is 1.11 bits per heavy atom. The lowest BCUT2D eigenvalue weighted by Gasteiger charge is -2.16. The number of hydrogen-bond donors (Lipinski definition) is 0. The topological polar surface area (TPSA) is 27.7 Å². The van der Waals surface area contributed by atoms with Crippen LogP contribution in [0.1, 0.15) is 10.8 Å². The van der Waals surface area contributed by atoms with Gasteiger partial charge in [0.25, 0.3) is 0 Å². The Morgan fingerprint density at radius 2 is 1.72 bits per heavy atom. The molecule has 2 rings (SSSR count). The van der Waals surface area contributed by atoms with Crippen LogP contribution < -0.4 is 14.2 Å². The van der Waals surface area contributed by atoms with Crippen molar-refractivity contribution >= 4 is 39.3 Å². The molecule has 0 saturated carbocycles. The number of thioether (sulfide) groups is 2. The smallest absolute Gasteiger partial charge is 0.203 e. The van der Waals surface area contributed by atoms with E-state index in [9.17, 15) is 0 Å². The predicted molar refractivity (Wildman–Crippen MR) is 81.5 cm³/mol. The summed E-state index contributed by atoms with van der Waals surface area (Å²) in [5.74, 6) is 3.00. The second-order valence-electron chi connectivity index (χ2n) is 3.63. The van der Waals surface area contributed by atoms with E-state index in [0.29, 0.717) is 22.5 Å². The van der Waals surface area contributed by atoms with Gasteiger partial charge in [0, 0.05) is 11.0 Å². The van der Waals surface area contributed by atoms with Crippen LogP contribution in [0.15, 0.2) is 12.1 Å². The van der Waals surface area contributed by atoms with Crippen molar-refractivity contribution in [2.75, 3.05) is 27.1 Å². The molecule has 3 nitrogen and oxygen atoms in total. The predicted octanol–water partition coefficient (Wildman–Crippen LogP) is 3.52. The average Bonchev–Trinajstić information content (AvgIpc) is 2.83. The quantitative estimate of drug-likeness (QED) is 0.790. The molecular weight excluding hydrogens is 288 g/mol. The normalized spacial score (nSPS) is 18.8. The third-order valence-corrected chi connectivity index (χ3v) is 5.80. The van der Waals surface area contributed by atoms with E-state index in [2.05, 4.69) is 0 Å². The van der Waals surface area contributed by atoms with Crippen molar-refractivity contribution in [2.24, 2.45) is 0 Å². The van der Waals surface area contributed by atoms with Crippen molar-refractivity contribution < 1.29 is 14.2 Å². The van der Waals surface area contributed by atoms with Gasteiger partial charge in [-0.15, -0.1) is 11.8 Å². The minimum absolute atomic E-state index is 0.358. The van der Waals surface area contributed by atoms with E-state index in [1.54, 1.807) is 44.9 Å². The lowest BCUT2D eigenvalue weighted by atomic mass is 10.1. The van der Waals surface area contributed by atoms with Gasteiger partial charge in [-0.2, -0.15) is 0 Å². The summed E-state index contributed by atoms with van der Waals surface area (Å²) >= 11 is 8.64. The average molecular weight is 302 g/mol. The first kappa shape index (κ1) is 13.8. The van der Waals surface area contributed by atoms with Crippen molar-refractivity contribution in [3.05, 3.63) is 17.7 Å². The summed E-state index contributed by atoms with van der Waals surface area (Å²) in [5.41, 5.74) is 1.15. The SMILES string of the molecule is COc1cc([C@H]2CSC(=S)S2)cc(OC)c1OC. The molecule has 1 fully saturated rings. The molecule has 0 amide bonds. The molecule has 0 unspecified atom stereocenters. The summed E-state index contributed by atoms with van der Waals surface area (Å²) in [7, 11) is 4.86. The number of ether oxygens (including phenoxy) is 3. The van der Waals surface area contributed by atoms with Gasteiger partial charge in [0.05, 0.1) is 21.3 Å². The number of rotatable bonds is 4. The van der Waals surface area contributed by atoms with Crippen molar-refractivity contribution in [2.45, 2.75) is 5.25 Å². The highest BCUT2D eigenvalue weighted by atomic mass is 32.2. The Morgan fingerprint density at radius 3 is 2.11 bits per heavy atom. The summed E-state index contributed by atoms with van der Waals surface area (Å²) in [4.78, 5) is 0. The van der Waals surface area contributed by atoms with Gasteiger partial charge in [0.2, 0.25) is 5.75 Å². The lowest BCUT2D eigenvalue weighted by Crippen LogP contribution is -1.99. The molecule has 0 aliphatic carbocycles. The lowest BCUT2D eigenvalue weighted by molar-refractivity contribution is 0.324. The van der Waals surface area contributed by atoms with Crippen molar-refractivity contribution in [3.63, 3.8) is 0 Å². The van der Waals surface area contributed by atoms with E-state index in [1.807, 2.05) is 12.1 Å². The molecular formula is C12H14O3S3. The van der Waals surface area contributed by atoms with E-state index in [-0.39, 0.29) is 0 Å². The Labute approximate surface area is 121 Å². The molecule has 0 bridgehead atoms. The van der Waals surface area contributed by atoms with Crippen LogP contribution >= 0.6 is 35.7 Å². The van der Waals surface area contributed by atoms with E-state index in [0.717, 1.165) is 14.8 Å². The number of methoxy groups -OCH3 is 3. The largest absolute Gasteiger partial charge is 0.493 e. The van der Waals surface area contributed by atoms with Crippen LogP contribution in [0, 0.1) is 0 Å². The van der Waals surface area contributed by atoms with Gasteiger partial charge < -0.3 is 14.2 Å². The molecule has 1 saturated heterocycles. The molecule has 1 atom stereocenters. The van der Waals surface area contributed by atoms with Crippen LogP contribution in [0.3, 0.4) is 0 Å². The fraction of sp³-hybridized carbons (Fsp3) is 0.417. The molecule has 0 aromatic heterocycles. The van der Waals surface area contributed by atoms with E-state index in [4.69, 9.17) is 26.4 Å². The molecule has 1 aromatic rings. The zero-order valence-corrected chi connectivity index (χ0v) is 12.8. The Balaban J connectivity index is 2.40. The Hall–Kier alpha value is -0.590. The van der Waals surface area contributed by atoms with Crippen LogP contribution in [0.2, 0.25) is 0 Å². The highest BCUT2D eigenvalue weighted by Gasteiger charge is 2.25. The fourth-order valence-corrected chi connectivity index (χ4v) is 4.62. The van der Waals surface area contributed by atoms with Gasteiger partial charge in [0.15, 0.2) is 11.5 Å². The maximum atomic E-state index is 5.35. The summed E-state index contributed by atoms with van der Waals surface area (Å²) in [6, 6.07) is 3.99. The van der Waals surface area contributed by atoms with Crippen molar-refractivity contribution in [1.29, 1.82) is 0 Å². The van der Waals surface area contributed by atoms with Crippen molar-refractivity contribution in [1.82, 2.24) is 0 Å². The number of benzene rings is 1. The molecule has 1 aliphatic heterocycles. The first-order valence-electron chi connectivity index (χ1n) is 5.33. The minimum atomic E-state index is 0.358. The first-order chi connectivity index (χ1) is 8.69. The maximum absolute atomic E-state index is 5.35. The Bertz CT molecular complexity index is 437. The molecule has 0 N–H and O–H groups in total. The monoisotopic (exact) mass is 302 g/mol. The van der Waals surface area contributed by atoms with Crippen molar-refractivity contribution in [3.8, 4) is 17.2 Å². The first-order valence-corrected chi connectivity index (χ1v) is 7.60. The maximum Gasteiger partial charge on any atom is 0.203 e. The second-order valence-corrected chi connectivity index (χ2v) is 7.05. The van der Waals surface area contributed by atoms with Gasteiger partial charge in [0.1, 0.15) is 3.53 Å². The molecule has 18 heavy (non-hydrogen) atoms. The fourth-order valence-electron chi connectivity index (χ4n) is 1.78. The molecule has 6 heteroatoms. The molecule has 98 valence electrons. The van der Waals surface area contributed by atoms with Crippen LogP contribution in [0.25, 0.3) is 0 Å². The highest BCUT2D eigenvalue weighted by Crippen LogP contribution is 2.47. The molecule has 1 heterocycles. The second kappa shape index (κ2) is 6.04. The molecule has 0 radical (unpaired) electrons. The van der Waals surface area contributed by atoms with E-state index < -0.39 is 0 Å². The van der Waals surface area contributed by atoms with Gasteiger partial charge >= 0.3 is 0 Å². The highest BCUT2D eigenvalue weighted by molar-refractivity contribution is 8.49. The van der Waals surface area contributed by atoms with Gasteiger partial charge in [-0.1, -0.05) is 24.0 Å². The minimum Gasteiger partial charge on any atom is -0.493 e. The Kier molecular flexibility index (Phi) is 4.64. The van der Waals surface area contributed by atoms with Crippen LogP contribution in [-0.2, 0) is 0 Å². The molecule has 0 spiro atoms.